The molecule has 13 heavy (non-hydrogen) atoms. The van der Waals surface area contributed by atoms with E-state index in [-0.39, 0.29) is 0 Å². The van der Waals surface area contributed by atoms with Crippen molar-refractivity contribution in [3.8, 4) is 6.07 Å². The van der Waals surface area contributed by atoms with E-state index in [1.807, 2.05) is 6.07 Å². The molecular weight excluding hydrogens is 184 g/mol. The summed E-state index contributed by atoms with van der Waals surface area (Å²) in [7, 11) is 0. The van der Waals surface area contributed by atoms with Crippen LogP contribution in [-0.4, -0.2) is 22.4 Å². The molecule has 0 amide bonds. The van der Waals surface area contributed by atoms with Gasteiger partial charge in [0.15, 0.2) is 5.82 Å². The van der Waals surface area contributed by atoms with Gasteiger partial charge in [-0.25, -0.2) is 4.98 Å². The van der Waals surface area contributed by atoms with Crippen LogP contribution in [0.5, 0.6) is 0 Å². The van der Waals surface area contributed by atoms with E-state index in [1.54, 1.807) is 0 Å². The average molecular weight is 196 g/mol. The maximum Gasteiger partial charge on any atom is 0.205 e. The maximum atomic E-state index is 8.44. The van der Waals surface area contributed by atoms with Crippen molar-refractivity contribution in [3.63, 3.8) is 0 Å². The second kappa shape index (κ2) is 4.77. The van der Waals surface area contributed by atoms with Crippen molar-refractivity contribution < 1.29 is 0 Å². The topological polar surface area (TPSA) is 52.8 Å². The Morgan fingerprint density at radius 1 is 1.46 bits per heavy atom. The molecule has 0 aliphatic carbocycles. The first kappa shape index (κ1) is 9.93. The van der Waals surface area contributed by atoms with E-state index in [0.29, 0.717) is 12.2 Å². The summed E-state index contributed by atoms with van der Waals surface area (Å²) in [6.07, 6.45) is 0.303. The van der Waals surface area contributed by atoms with Gasteiger partial charge in [-0.3, -0.25) is 0 Å². The third-order valence-corrected chi connectivity index (χ3v) is 2.54. The summed E-state index contributed by atoms with van der Waals surface area (Å²) in [6.45, 7) is 6.01. The molecule has 1 rings (SSSR count). The molecule has 0 atom stereocenters. The standard InChI is InChI=1S/C8H12N4S/c1-3-12(4-2)8-10-7(5-6-9)11-13-8/h3-5H2,1-2H3. The van der Waals surface area contributed by atoms with Crippen LogP contribution in [0.15, 0.2) is 0 Å². The monoisotopic (exact) mass is 196 g/mol. The van der Waals surface area contributed by atoms with Crippen LogP contribution in [0.4, 0.5) is 5.13 Å². The Hall–Kier alpha value is -1.15. The van der Waals surface area contributed by atoms with E-state index >= 15 is 0 Å². The molecule has 0 bridgehead atoms. The van der Waals surface area contributed by atoms with Crippen LogP contribution in [0, 0.1) is 11.3 Å². The minimum atomic E-state index is 0.303. The molecule has 0 saturated heterocycles. The van der Waals surface area contributed by atoms with Gasteiger partial charge in [-0.05, 0) is 13.8 Å². The highest BCUT2D eigenvalue weighted by atomic mass is 32.1. The van der Waals surface area contributed by atoms with Gasteiger partial charge in [0.05, 0.1) is 12.5 Å². The molecule has 0 aromatic carbocycles. The average Bonchev–Trinajstić information content (AvgIpc) is 2.56. The van der Waals surface area contributed by atoms with Crippen molar-refractivity contribution in [1.29, 1.82) is 5.26 Å². The lowest BCUT2D eigenvalue weighted by Crippen LogP contribution is -2.21. The fourth-order valence-electron chi connectivity index (χ4n) is 1.01. The van der Waals surface area contributed by atoms with E-state index in [2.05, 4.69) is 28.1 Å². The lowest BCUT2D eigenvalue weighted by Gasteiger charge is -2.15. The summed E-state index contributed by atoms with van der Waals surface area (Å²) in [5.74, 6) is 0.634. The Kier molecular flexibility index (Phi) is 3.65. The largest absolute Gasteiger partial charge is 0.347 e. The third kappa shape index (κ3) is 2.39. The normalized spacial score (nSPS) is 9.62. The summed E-state index contributed by atoms with van der Waals surface area (Å²) in [4.78, 5) is 6.38. The highest BCUT2D eigenvalue weighted by Gasteiger charge is 2.08. The number of hydrogen-bond donors (Lipinski definition) is 0. The van der Waals surface area contributed by atoms with Crippen LogP contribution in [0.3, 0.4) is 0 Å². The van der Waals surface area contributed by atoms with Crippen LogP contribution in [0.1, 0.15) is 19.7 Å². The molecule has 0 spiro atoms. The van der Waals surface area contributed by atoms with Crippen LogP contribution >= 0.6 is 11.5 Å². The van der Waals surface area contributed by atoms with E-state index in [9.17, 15) is 0 Å². The third-order valence-electron chi connectivity index (χ3n) is 1.73. The Morgan fingerprint density at radius 3 is 2.69 bits per heavy atom. The smallest absolute Gasteiger partial charge is 0.205 e. The zero-order valence-corrected chi connectivity index (χ0v) is 8.63. The van der Waals surface area contributed by atoms with E-state index < -0.39 is 0 Å². The Balaban J connectivity index is 2.73. The first-order valence-corrected chi connectivity index (χ1v) is 5.03. The number of anilines is 1. The van der Waals surface area contributed by atoms with Crippen molar-refractivity contribution in [1.82, 2.24) is 9.36 Å². The number of rotatable bonds is 4. The van der Waals surface area contributed by atoms with E-state index in [0.717, 1.165) is 18.2 Å². The Bertz CT molecular complexity index is 297. The summed E-state index contributed by atoms with van der Waals surface area (Å²) in [5, 5.41) is 9.36. The number of aromatic nitrogens is 2. The Labute approximate surface area is 82.0 Å². The van der Waals surface area contributed by atoms with Gasteiger partial charge >= 0.3 is 0 Å². The van der Waals surface area contributed by atoms with Gasteiger partial charge in [0, 0.05) is 24.6 Å². The fourth-order valence-corrected chi connectivity index (χ4v) is 1.82. The second-order valence-electron chi connectivity index (χ2n) is 2.50. The minimum Gasteiger partial charge on any atom is -0.347 e. The molecule has 1 heterocycles. The maximum absolute atomic E-state index is 8.44. The predicted octanol–water partition coefficient (Wildman–Crippen LogP) is 1.45. The molecule has 0 aliphatic rings. The van der Waals surface area contributed by atoms with Crippen LogP contribution in [0.25, 0.3) is 0 Å². The lowest BCUT2D eigenvalue weighted by molar-refractivity contribution is 0.854. The minimum absolute atomic E-state index is 0.303. The van der Waals surface area contributed by atoms with Crippen LogP contribution in [-0.2, 0) is 6.42 Å². The summed E-state index contributed by atoms with van der Waals surface area (Å²) in [6, 6.07) is 2.04. The van der Waals surface area contributed by atoms with Gasteiger partial charge in [-0.2, -0.15) is 9.64 Å². The Morgan fingerprint density at radius 2 is 2.15 bits per heavy atom. The highest BCUT2D eigenvalue weighted by molar-refractivity contribution is 7.09. The van der Waals surface area contributed by atoms with Crippen molar-refractivity contribution >= 4 is 16.7 Å². The molecule has 4 nitrogen and oxygen atoms in total. The molecular formula is C8H12N4S. The lowest BCUT2D eigenvalue weighted by atomic mass is 10.4. The van der Waals surface area contributed by atoms with Crippen molar-refractivity contribution in [3.05, 3.63) is 5.82 Å². The van der Waals surface area contributed by atoms with Gasteiger partial charge in [0.25, 0.3) is 0 Å². The first-order valence-electron chi connectivity index (χ1n) is 4.26. The number of hydrogen-bond acceptors (Lipinski definition) is 5. The number of nitrogens with zero attached hydrogens (tertiary/aromatic N) is 4. The van der Waals surface area contributed by atoms with Gasteiger partial charge in [-0.1, -0.05) is 0 Å². The molecule has 5 heteroatoms. The quantitative estimate of drug-likeness (QED) is 0.731. The second-order valence-corrected chi connectivity index (χ2v) is 3.23. The summed E-state index contributed by atoms with van der Waals surface area (Å²) >= 11 is 1.36. The van der Waals surface area contributed by atoms with Gasteiger partial charge < -0.3 is 4.90 Å². The first-order chi connectivity index (χ1) is 6.31. The van der Waals surface area contributed by atoms with Crippen molar-refractivity contribution in [2.75, 3.05) is 18.0 Å². The molecule has 0 aliphatic heterocycles. The molecule has 0 unspecified atom stereocenters. The molecule has 70 valence electrons. The van der Waals surface area contributed by atoms with E-state index in [1.165, 1.54) is 11.5 Å². The molecule has 1 aromatic rings. The fraction of sp³-hybridized carbons (Fsp3) is 0.625. The molecule has 0 fully saturated rings. The molecule has 0 saturated carbocycles. The highest BCUT2D eigenvalue weighted by Crippen LogP contribution is 2.16. The van der Waals surface area contributed by atoms with Gasteiger partial charge in [-0.15, -0.1) is 0 Å². The summed E-state index contributed by atoms with van der Waals surface area (Å²) < 4.78 is 4.09. The zero-order chi connectivity index (χ0) is 9.68. The SMILES string of the molecule is CCN(CC)c1nc(CC#N)ns1. The molecule has 0 N–H and O–H groups in total. The number of nitriles is 1. The van der Waals surface area contributed by atoms with Crippen molar-refractivity contribution in [2.24, 2.45) is 0 Å². The van der Waals surface area contributed by atoms with E-state index in [4.69, 9.17) is 5.26 Å². The molecule has 0 radical (unpaired) electrons. The van der Waals surface area contributed by atoms with Crippen LogP contribution in [0.2, 0.25) is 0 Å². The van der Waals surface area contributed by atoms with Crippen LogP contribution < -0.4 is 4.90 Å². The zero-order valence-electron chi connectivity index (χ0n) is 7.82. The van der Waals surface area contributed by atoms with Gasteiger partial charge in [0.1, 0.15) is 0 Å². The van der Waals surface area contributed by atoms with Gasteiger partial charge in [0.2, 0.25) is 5.13 Å². The molecule has 1 aromatic heterocycles. The van der Waals surface area contributed by atoms with Crippen molar-refractivity contribution in [2.45, 2.75) is 20.3 Å². The predicted molar refractivity (Wildman–Crippen MR) is 52.8 cm³/mol. The summed E-state index contributed by atoms with van der Waals surface area (Å²) in [5.41, 5.74) is 0.